The van der Waals surface area contributed by atoms with Crippen LogP contribution in [0.5, 0.6) is 0 Å². The van der Waals surface area contributed by atoms with Crippen LogP contribution in [0.15, 0.2) is 18.6 Å². The lowest BCUT2D eigenvalue weighted by Crippen LogP contribution is -2.07. The van der Waals surface area contributed by atoms with E-state index in [-0.39, 0.29) is 5.69 Å². The summed E-state index contributed by atoms with van der Waals surface area (Å²) in [6.45, 7) is 2.49. The van der Waals surface area contributed by atoms with Gasteiger partial charge in [0.1, 0.15) is 5.82 Å². The Balaban J connectivity index is 2.08. The van der Waals surface area contributed by atoms with E-state index < -0.39 is 5.97 Å². The van der Waals surface area contributed by atoms with E-state index in [1.165, 1.54) is 12.4 Å². The summed E-state index contributed by atoms with van der Waals surface area (Å²) in [5.74, 6) is -0.665. The van der Waals surface area contributed by atoms with Gasteiger partial charge in [-0.15, -0.1) is 0 Å². The minimum Gasteiger partial charge on any atom is -0.476 e. The molecule has 94 valence electrons. The van der Waals surface area contributed by atoms with Crippen LogP contribution < -0.4 is 5.32 Å². The Labute approximate surface area is 104 Å². The fourth-order valence-electron chi connectivity index (χ4n) is 1.46. The molecular formula is C11H13N5O2. The minimum absolute atomic E-state index is 0.0806. The van der Waals surface area contributed by atoms with Crippen molar-refractivity contribution in [3.8, 4) is 0 Å². The Morgan fingerprint density at radius 2 is 2.22 bits per heavy atom. The molecule has 0 fully saturated rings. The van der Waals surface area contributed by atoms with Crippen LogP contribution in [0.2, 0.25) is 0 Å². The highest BCUT2D eigenvalue weighted by molar-refractivity contribution is 5.85. The Kier molecular flexibility index (Phi) is 3.22. The molecule has 2 aromatic rings. The van der Waals surface area contributed by atoms with Crippen molar-refractivity contribution in [3.05, 3.63) is 35.5 Å². The van der Waals surface area contributed by atoms with Crippen LogP contribution in [0.25, 0.3) is 0 Å². The third kappa shape index (κ3) is 2.45. The Morgan fingerprint density at radius 1 is 1.44 bits per heavy atom. The number of carbonyl (C=O) groups is 1. The first-order valence-electron chi connectivity index (χ1n) is 5.34. The third-order valence-corrected chi connectivity index (χ3v) is 2.65. The molecule has 2 aromatic heterocycles. The summed E-state index contributed by atoms with van der Waals surface area (Å²) >= 11 is 0. The molecule has 0 atom stereocenters. The minimum atomic E-state index is -1.09. The summed E-state index contributed by atoms with van der Waals surface area (Å²) in [7, 11) is 1.86. The van der Waals surface area contributed by atoms with Crippen molar-refractivity contribution in [2.24, 2.45) is 7.05 Å². The summed E-state index contributed by atoms with van der Waals surface area (Å²) in [6.07, 6.45) is 4.46. The smallest absolute Gasteiger partial charge is 0.356 e. The molecule has 0 saturated carbocycles. The Morgan fingerprint density at radius 3 is 2.83 bits per heavy atom. The lowest BCUT2D eigenvalue weighted by atomic mass is 10.2. The number of nitrogens with zero attached hydrogens (tertiary/aromatic N) is 4. The Bertz CT molecular complexity index is 579. The van der Waals surface area contributed by atoms with Gasteiger partial charge in [-0.25, -0.2) is 9.78 Å². The number of carboxylic acid groups (broad SMARTS) is 1. The number of carboxylic acids is 1. The predicted molar refractivity (Wildman–Crippen MR) is 64.3 cm³/mol. The largest absolute Gasteiger partial charge is 0.476 e. The van der Waals surface area contributed by atoms with E-state index in [9.17, 15) is 4.79 Å². The van der Waals surface area contributed by atoms with E-state index in [2.05, 4.69) is 20.4 Å². The average molecular weight is 247 g/mol. The summed E-state index contributed by atoms with van der Waals surface area (Å²) in [6, 6.07) is 0. The van der Waals surface area contributed by atoms with E-state index in [0.717, 1.165) is 11.3 Å². The molecule has 0 aliphatic carbocycles. The lowest BCUT2D eigenvalue weighted by Gasteiger charge is -2.05. The maximum Gasteiger partial charge on any atom is 0.356 e. The molecule has 18 heavy (non-hydrogen) atoms. The van der Waals surface area contributed by atoms with Crippen LogP contribution in [0.3, 0.4) is 0 Å². The standard InChI is InChI=1S/C11H13N5O2/c1-7-8(4-14-16(7)2)3-13-10-6-12-5-9(15-10)11(17)18/h4-6H,3H2,1-2H3,(H,13,15)(H,17,18). The zero-order valence-electron chi connectivity index (χ0n) is 10.1. The third-order valence-electron chi connectivity index (χ3n) is 2.65. The van der Waals surface area contributed by atoms with E-state index in [0.29, 0.717) is 12.4 Å². The average Bonchev–Trinajstić information content (AvgIpc) is 2.68. The van der Waals surface area contributed by atoms with Gasteiger partial charge in [0.05, 0.1) is 18.6 Å². The van der Waals surface area contributed by atoms with E-state index in [4.69, 9.17) is 5.11 Å². The monoisotopic (exact) mass is 247 g/mol. The molecule has 2 heterocycles. The van der Waals surface area contributed by atoms with Crippen molar-refractivity contribution in [1.82, 2.24) is 19.7 Å². The van der Waals surface area contributed by atoms with Crippen molar-refractivity contribution in [1.29, 1.82) is 0 Å². The SMILES string of the molecule is Cc1c(CNc2cncc(C(=O)O)n2)cnn1C. The number of anilines is 1. The fourth-order valence-corrected chi connectivity index (χ4v) is 1.46. The van der Waals surface area contributed by atoms with Gasteiger partial charge < -0.3 is 10.4 Å². The molecule has 0 bridgehead atoms. The van der Waals surface area contributed by atoms with Gasteiger partial charge in [0.25, 0.3) is 0 Å². The second-order valence-corrected chi connectivity index (χ2v) is 3.83. The molecule has 2 rings (SSSR count). The lowest BCUT2D eigenvalue weighted by molar-refractivity contribution is 0.0690. The number of nitrogens with one attached hydrogen (secondary N) is 1. The molecule has 0 saturated heterocycles. The molecule has 0 spiro atoms. The first-order chi connectivity index (χ1) is 8.58. The van der Waals surface area contributed by atoms with Crippen molar-refractivity contribution < 1.29 is 9.90 Å². The number of aryl methyl sites for hydroxylation is 1. The molecule has 0 amide bonds. The number of hydrogen-bond acceptors (Lipinski definition) is 5. The Hall–Kier alpha value is -2.44. The van der Waals surface area contributed by atoms with Crippen molar-refractivity contribution >= 4 is 11.8 Å². The van der Waals surface area contributed by atoms with Crippen LogP contribution in [0.1, 0.15) is 21.7 Å². The highest BCUT2D eigenvalue weighted by Gasteiger charge is 2.07. The molecular weight excluding hydrogens is 234 g/mol. The van der Waals surface area contributed by atoms with Gasteiger partial charge >= 0.3 is 5.97 Å². The zero-order chi connectivity index (χ0) is 13.1. The zero-order valence-corrected chi connectivity index (χ0v) is 10.1. The molecule has 0 aromatic carbocycles. The second kappa shape index (κ2) is 4.82. The predicted octanol–water partition coefficient (Wildman–Crippen LogP) is 0.829. The molecule has 0 unspecified atom stereocenters. The molecule has 7 nitrogen and oxygen atoms in total. The van der Waals surface area contributed by atoms with Crippen LogP contribution >= 0.6 is 0 Å². The molecule has 0 aliphatic rings. The van der Waals surface area contributed by atoms with E-state index in [1.807, 2.05) is 14.0 Å². The topological polar surface area (TPSA) is 92.9 Å². The first kappa shape index (κ1) is 12.0. The van der Waals surface area contributed by atoms with Crippen LogP contribution in [0, 0.1) is 6.92 Å². The van der Waals surface area contributed by atoms with Crippen molar-refractivity contribution in [3.63, 3.8) is 0 Å². The maximum absolute atomic E-state index is 10.7. The van der Waals surface area contributed by atoms with Gasteiger partial charge in [-0.3, -0.25) is 9.67 Å². The van der Waals surface area contributed by atoms with E-state index >= 15 is 0 Å². The summed E-state index contributed by atoms with van der Waals surface area (Å²) < 4.78 is 1.77. The summed E-state index contributed by atoms with van der Waals surface area (Å²) in [5, 5.41) is 15.9. The number of rotatable bonds is 4. The highest BCUT2D eigenvalue weighted by atomic mass is 16.4. The second-order valence-electron chi connectivity index (χ2n) is 3.83. The maximum atomic E-state index is 10.7. The molecule has 0 radical (unpaired) electrons. The van der Waals surface area contributed by atoms with Crippen molar-refractivity contribution in [2.45, 2.75) is 13.5 Å². The first-order valence-corrected chi connectivity index (χ1v) is 5.34. The highest BCUT2D eigenvalue weighted by Crippen LogP contribution is 2.09. The number of aromatic carboxylic acids is 1. The fraction of sp³-hybridized carbons (Fsp3) is 0.273. The number of aromatic nitrogens is 4. The summed E-state index contributed by atoms with van der Waals surface area (Å²) in [5.41, 5.74) is 1.99. The molecule has 2 N–H and O–H groups in total. The van der Waals surface area contributed by atoms with Gasteiger partial charge in [0.2, 0.25) is 0 Å². The van der Waals surface area contributed by atoms with Gasteiger partial charge in [0, 0.05) is 24.8 Å². The van der Waals surface area contributed by atoms with Gasteiger partial charge in [0.15, 0.2) is 5.69 Å². The van der Waals surface area contributed by atoms with Crippen LogP contribution in [-0.4, -0.2) is 30.8 Å². The normalized spacial score (nSPS) is 10.3. The molecule has 0 aliphatic heterocycles. The van der Waals surface area contributed by atoms with Gasteiger partial charge in [-0.05, 0) is 6.92 Å². The molecule has 7 heteroatoms. The number of hydrogen-bond donors (Lipinski definition) is 2. The van der Waals surface area contributed by atoms with Gasteiger partial charge in [-0.1, -0.05) is 0 Å². The van der Waals surface area contributed by atoms with E-state index in [1.54, 1.807) is 10.9 Å². The van der Waals surface area contributed by atoms with Crippen LogP contribution in [0.4, 0.5) is 5.82 Å². The van der Waals surface area contributed by atoms with Gasteiger partial charge in [-0.2, -0.15) is 5.10 Å². The van der Waals surface area contributed by atoms with Crippen LogP contribution in [-0.2, 0) is 13.6 Å². The quantitative estimate of drug-likeness (QED) is 0.831. The van der Waals surface area contributed by atoms with Crippen molar-refractivity contribution in [2.75, 3.05) is 5.32 Å². The summed E-state index contributed by atoms with van der Waals surface area (Å²) in [4.78, 5) is 18.5.